The first-order chi connectivity index (χ1) is 13.6. The van der Waals surface area contributed by atoms with E-state index in [4.69, 9.17) is 16.0 Å². The Kier molecular flexibility index (Phi) is 5.17. The average Bonchev–Trinajstić information content (AvgIpc) is 3.37. The summed E-state index contributed by atoms with van der Waals surface area (Å²) in [4.78, 5) is 27.0. The zero-order valence-corrected chi connectivity index (χ0v) is 15.8. The molecule has 0 spiro atoms. The molecule has 0 unspecified atom stereocenters. The van der Waals surface area contributed by atoms with Gasteiger partial charge in [0.25, 0.3) is 0 Å². The Morgan fingerprint density at radius 1 is 1.07 bits per heavy atom. The Morgan fingerprint density at radius 3 is 2.50 bits per heavy atom. The minimum absolute atomic E-state index is 0.0725. The van der Waals surface area contributed by atoms with Crippen LogP contribution < -0.4 is 10.2 Å². The molecule has 0 saturated carbocycles. The number of hydrogen-bond donors (Lipinski definition) is 1. The molecule has 2 heterocycles. The number of carbonyl (C=O) groups excluding carboxylic acids is 2. The highest BCUT2D eigenvalue weighted by atomic mass is 35.5. The minimum Gasteiger partial charge on any atom is -0.467 e. The number of hydrogen-bond acceptors (Lipinski definition) is 3. The van der Waals surface area contributed by atoms with E-state index in [2.05, 4.69) is 5.32 Å². The van der Waals surface area contributed by atoms with Crippen molar-refractivity contribution in [2.45, 2.75) is 12.5 Å². The summed E-state index contributed by atoms with van der Waals surface area (Å²) >= 11 is 5.92. The maximum Gasteiger partial charge on any atom is 0.227 e. The van der Waals surface area contributed by atoms with Crippen LogP contribution in [0, 0.1) is 5.92 Å². The maximum absolute atomic E-state index is 12.9. The highest BCUT2D eigenvalue weighted by Gasteiger charge is 2.36. The highest BCUT2D eigenvalue weighted by Crippen LogP contribution is 2.28. The van der Waals surface area contributed by atoms with Gasteiger partial charge >= 0.3 is 0 Å². The quantitative estimate of drug-likeness (QED) is 0.705. The lowest BCUT2D eigenvalue weighted by Gasteiger charge is -2.20. The van der Waals surface area contributed by atoms with Gasteiger partial charge in [-0.2, -0.15) is 0 Å². The molecule has 4 rings (SSSR count). The van der Waals surface area contributed by atoms with Gasteiger partial charge in [0, 0.05) is 23.7 Å². The molecular weight excluding hydrogens is 376 g/mol. The van der Waals surface area contributed by atoms with Crippen molar-refractivity contribution in [2.75, 3.05) is 11.4 Å². The number of nitrogens with zero attached hydrogens (tertiary/aromatic N) is 1. The fourth-order valence-electron chi connectivity index (χ4n) is 3.43. The van der Waals surface area contributed by atoms with Crippen LogP contribution in [0.5, 0.6) is 0 Å². The number of furan rings is 1. The first-order valence-corrected chi connectivity index (χ1v) is 9.44. The average molecular weight is 395 g/mol. The van der Waals surface area contributed by atoms with Crippen LogP contribution in [0.25, 0.3) is 0 Å². The third kappa shape index (κ3) is 3.80. The lowest BCUT2D eigenvalue weighted by molar-refractivity contribution is -0.126. The number of nitrogens with one attached hydrogen (secondary N) is 1. The molecular formula is C22H19ClN2O3. The van der Waals surface area contributed by atoms with Crippen molar-refractivity contribution in [3.05, 3.63) is 89.3 Å². The molecule has 1 saturated heterocycles. The molecule has 3 aromatic rings. The molecule has 2 atom stereocenters. The smallest absolute Gasteiger partial charge is 0.227 e. The Morgan fingerprint density at radius 2 is 1.82 bits per heavy atom. The summed E-state index contributed by atoms with van der Waals surface area (Å²) in [6, 6.07) is 19.9. The minimum atomic E-state index is -0.427. The van der Waals surface area contributed by atoms with E-state index in [1.807, 2.05) is 36.4 Å². The molecule has 0 radical (unpaired) electrons. The number of rotatable bonds is 5. The van der Waals surface area contributed by atoms with Gasteiger partial charge in [-0.25, -0.2) is 0 Å². The van der Waals surface area contributed by atoms with Crippen LogP contribution >= 0.6 is 11.6 Å². The second-order valence-electron chi connectivity index (χ2n) is 6.75. The van der Waals surface area contributed by atoms with Crippen LogP contribution in [-0.4, -0.2) is 18.4 Å². The Balaban J connectivity index is 1.51. The molecule has 2 amide bonds. The van der Waals surface area contributed by atoms with Crippen molar-refractivity contribution >= 4 is 29.1 Å². The van der Waals surface area contributed by atoms with Crippen LogP contribution in [0.1, 0.15) is 23.8 Å². The van der Waals surface area contributed by atoms with Crippen molar-refractivity contribution in [3.8, 4) is 0 Å². The topological polar surface area (TPSA) is 62.6 Å². The highest BCUT2D eigenvalue weighted by molar-refractivity contribution is 6.30. The van der Waals surface area contributed by atoms with E-state index in [-0.39, 0.29) is 18.2 Å². The zero-order valence-electron chi connectivity index (χ0n) is 15.0. The van der Waals surface area contributed by atoms with E-state index in [1.165, 1.54) is 0 Å². The van der Waals surface area contributed by atoms with Gasteiger partial charge in [-0.15, -0.1) is 0 Å². The fraction of sp³-hybridized carbons (Fsp3) is 0.182. The van der Waals surface area contributed by atoms with Crippen molar-refractivity contribution in [1.29, 1.82) is 0 Å². The molecule has 0 bridgehead atoms. The number of halogens is 1. The van der Waals surface area contributed by atoms with Crippen LogP contribution in [-0.2, 0) is 9.59 Å². The van der Waals surface area contributed by atoms with Crippen molar-refractivity contribution < 1.29 is 14.0 Å². The van der Waals surface area contributed by atoms with Gasteiger partial charge < -0.3 is 14.6 Å². The molecule has 1 fully saturated rings. The molecule has 5 nitrogen and oxygen atoms in total. The van der Waals surface area contributed by atoms with Crippen LogP contribution in [0.15, 0.2) is 77.4 Å². The second-order valence-corrected chi connectivity index (χ2v) is 7.19. The number of benzene rings is 2. The summed E-state index contributed by atoms with van der Waals surface area (Å²) in [6.45, 7) is 0.339. The Hall–Kier alpha value is -3.05. The molecule has 1 aliphatic rings. The van der Waals surface area contributed by atoms with Crippen LogP contribution in [0.3, 0.4) is 0 Å². The van der Waals surface area contributed by atoms with E-state index >= 15 is 0 Å². The molecule has 28 heavy (non-hydrogen) atoms. The van der Waals surface area contributed by atoms with Gasteiger partial charge in [-0.05, 0) is 42.0 Å². The van der Waals surface area contributed by atoms with E-state index in [1.54, 1.807) is 41.5 Å². The fourth-order valence-corrected chi connectivity index (χ4v) is 3.56. The summed E-state index contributed by atoms with van der Waals surface area (Å²) in [5, 5.41) is 3.65. The lowest BCUT2D eigenvalue weighted by atomic mass is 10.0. The summed E-state index contributed by atoms with van der Waals surface area (Å²) in [5.74, 6) is -0.0189. The second kappa shape index (κ2) is 7.90. The Bertz CT molecular complexity index is 955. The molecule has 1 N–H and O–H groups in total. The predicted octanol–water partition coefficient (Wildman–Crippen LogP) is 4.19. The van der Waals surface area contributed by atoms with Gasteiger partial charge in [-0.3, -0.25) is 9.59 Å². The lowest BCUT2D eigenvalue weighted by Crippen LogP contribution is -2.36. The molecule has 142 valence electrons. The Labute approximate surface area is 167 Å². The molecule has 6 heteroatoms. The third-order valence-corrected chi connectivity index (χ3v) is 5.13. The SMILES string of the molecule is O=C(N[C@H](c1ccccc1)c1ccco1)[C@@H]1CC(=O)N(c2ccc(Cl)cc2)C1. The van der Waals surface area contributed by atoms with Gasteiger partial charge in [0.05, 0.1) is 12.2 Å². The summed E-state index contributed by atoms with van der Waals surface area (Å²) < 4.78 is 5.53. The van der Waals surface area contributed by atoms with E-state index < -0.39 is 12.0 Å². The standard InChI is InChI=1S/C22H19ClN2O3/c23-17-8-10-18(11-9-17)25-14-16(13-20(25)26)22(27)24-21(19-7-4-12-28-19)15-5-2-1-3-6-15/h1-12,16,21H,13-14H2,(H,24,27)/t16-,21-/m1/s1. The first kappa shape index (κ1) is 18.3. The summed E-state index contributed by atoms with van der Waals surface area (Å²) in [6.07, 6.45) is 1.76. The first-order valence-electron chi connectivity index (χ1n) is 9.06. The van der Waals surface area contributed by atoms with Crippen LogP contribution in [0.4, 0.5) is 5.69 Å². The van der Waals surface area contributed by atoms with Crippen molar-refractivity contribution in [1.82, 2.24) is 5.32 Å². The third-order valence-electron chi connectivity index (χ3n) is 4.88. The zero-order chi connectivity index (χ0) is 19.5. The monoisotopic (exact) mass is 394 g/mol. The summed E-state index contributed by atoms with van der Waals surface area (Å²) in [5.41, 5.74) is 1.67. The molecule has 1 aliphatic heterocycles. The molecule has 2 aromatic carbocycles. The molecule has 0 aliphatic carbocycles. The maximum atomic E-state index is 12.9. The van der Waals surface area contributed by atoms with E-state index in [9.17, 15) is 9.59 Å². The van der Waals surface area contributed by atoms with Gasteiger partial charge in [0.15, 0.2) is 0 Å². The number of amides is 2. The largest absolute Gasteiger partial charge is 0.467 e. The van der Waals surface area contributed by atoms with Gasteiger partial charge in [0.2, 0.25) is 11.8 Å². The van der Waals surface area contributed by atoms with Crippen molar-refractivity contribution in [3.63, 3.8) is 0 Å². The normalized spacial score (nSPS) is 17.5. The number of anilines is 1. The van der Waals surface area contributed by atoms with Gasteiger partial charge in [0.1, 0.15) is 11.8 Å². The summed E-state index contributed by atoms with van der Waals surface area (Å²) in [7, 11) is 0. The molecule has 1 aromatic heterocycles. The van der Waals surface area contributed by atoms with Gasteiger partial charge in [-0.1, -0.05) is 41.9 Å². The van der Waals surface area contributed by atoms with Crippen LogP contribution in [0.2, 0.25) is 5.02 Å². The predicted molar refractivity (Wildman–Crippen MR) is 107 cm³/mol. The number of carbonyl (C=O) groups is 2. The van der Waals surface area contributed by atoms with E-state index in [0.717, 1.165) is 11.3 Å². The van der Waals surface area contributed by atoms with E-state index in [0.29, 0.717) is 17.3 Å². The van der Waals surface area contributed by atoms with Crippen molar-refractivity contribution in [2.24, 2.45) is 5.92 Å².